The largest absolute Gasteiger partial charge is 0.444 e. The number of alkyl carbamates (subject to hydrolysis) is 1. The van der Waals surface area contributed by atoms with Crippen LogP contribution in [0.2, 0.25) is 0 Å². The number of carbonyl (C=O) groups is 1. The molecule has 0 heterocycles. The Balaban J connectivity index is 2.35. The summed E-state index contributed by atoms with van der Waals surface area (Å²) in [6.07, 6.45) is 1.30. The highest BCUT2D eigenvalue weighted by molar-refractivity contribution is 5.69. The number of nitrogens with one attached hydrogen (secondary N) is 1. The van der Waals surface area contributed by atoms with Crippen LogP contribution in [-0.4, -0.2) is 23.3 Å². The fourth-order valence-corrected chi connectivity index (χ4v) is 1.75. The van der Waals surface area contributed by atoms with Gasteiger partial charge < -0.3 is 15.8 Å². The van der Waals surface area contributed by atoms with Crippen LogP contribution < -0.4 is 11.1 Å². The zero-order valence-corrected chi connectivity index (χ0v) is 9.39. The lowest BCUT2D eigenvalue weighted by atomic mass is 9.75. The van der Waals surface area contributed by atoms with Crippen molar-refractivity contribution < 1.29 is 9.53 Å². The van der Waals surface area contributed by atoms with E-state index in [0.717, 1.165) is 12.8 Å². The third-order valence-electron chi connectivity index (χ3n) is 2.23. The predicted molar refractivity (Wildman–Crippen MR) is 55.0 cm³/mol. The smallest absolute Gasteiger partial charge is 0.408 e. The molecule has 1 fully saturated rings. The SMILES string of the molecule is CC1(NC(=O)OC(C)(C)C)CC(N)C1. The van der Waals surface area contributed by atoms with Crippen LogP contribution in [-0.2, 0) is 4.74 Å². The molecule has 0 atom stereocenters. The standard InChI is InChI=1S/C10H20N2O2/c1-9(2,3)14-8(13)12-10(4)5-7(11)6-10/h7H,5-6,11H2,1-4H3,(H,12,13). The first-order chi connectivity index (χ1) is 6.20. The van der Waals surface area contributed by atoms with Crippen LogP contribution in [0.15, 0.2) is 0 Å². The van der Waals surface area contributed by atoms with Crippen molar-refractivity contribution in [2.75, 3.05) is 0 Å². The van der Waals surface area contributed by atoms with Crippen LogP contribution >= 0.6 is 0 Å². The lowest BCUT2D eigenvalue weighted by Crippen LogP contribution is -2.60. The maximum absolute atomic E-state index is 11.4. The Morgan fingerprint density at radius 1 is 1.50 bits per heavy atom. The van der Waals surface area contributed by atoms with E-state index in [1.54, 1.807) is 0 Å². The van der Waals surface area contributed by atoms with Gasteiger partial charge in [-0.3, -0.25) is 0 Å². The van der Waals surface area contributed by atoms with E-state index >= 15 is 0 Å². The molecule has 0 saturated heterocycles. The minimum Gasteiger partial charge on any atom is -0.444 e. The normalized spacial score (nSPS) is 31.9. The van der Waals surface area contributed by atoms with Crippen molar-refractivity contribution in [2.24, 2.45) is 5.73 Å². The number of hydrogen-bond acceptors (Lipinski definition) is 3. The first-order valence-electron chi connectivity index (χ1n) is 4.97. The van der Waals surface area contributed by atoms with E-state index in [0.29, 0.717) is 0 Å². The van der Waals surface area contributed by atoms with Crippen molar-refractivity contribution in [3.63, 3.8) is 0 Å². The van der Waals surface area contributed by atoms with Gasteiger partial charge in [0.25, 0.3) is 0 Å². The van der Waals surface area contributed by atoms with Crippen molar-refractivity contribution in [1.29, 1.82) is 0 Å². The van der Waals surface area contributed by atoms with Gasteiger partial charge in [0, 0.05) is 11.6 Å². The molecule has 1 saturated carbocycles. The molecule has 0 radical (unpaired) electrons. The summed E-state index contributed by atoms with van der Waals surface area (Å²) < 4.78 is 5.15. The molecule has 0 aliphatic heterocycles. The summed E-state index contributed by atoms with van der Waals surface area (Å²) in [7, 11) is 0. The van der Waals surface area contributed by atoms with Gasteiger partial charge in [0.2, 0.25) is 0 Å². The summed E-state index contributed by atoms with van der Waals surface area (Å²) in [6, 6.07) is 0.218. The topological polar surface area (TPSA) is 64.3 Å². The van der Waals surface area contributed by atoms with Crippen LogP contribution in [0.5, 0.6) is 0 Å². The molecule has 14 heavy (non-hydrogen) atoms. The fraction of sp³-hybridized carbons (Fsp3) is 0.900. The number of amides is 1. The van der Waals surface area contributed by atoms with E-state index in [-0.39, 0.29) is 17.7 Å². The van der Waals surface area contributed by atoms with Crippen LogP contribution in [0, 0.1) is 0 Å². The number of carbonyl (C=O) groups excluding carboxylic acids is 1. The Hall–Kier alpha value is -0.770. The quantitative estimate of drug-likeness (QED) is 0.672. The summed E-state index contributed by atoms with van der Waals surface area (Å²) in [4.78, 5) is 11.4. The molecule has 1 amide bonds. The first kappa shape index (κ1) is 11.3. The van der Waals surface area contributed by atoms with Crippen LogP contribution in [0.25, 0.3) is 0 Å². The van der Waals surface area contributed by atoms with Gasteiger partial charge in [-0.05, 0) is 40.5 Å². The first-order valence-corrected chi connectivity index (χ1v) is 4.97. The Labute approximate surface area is 85.2 Å². The van der Waals surface area contributed by atoms with Gasteiger partial charge in [0.15, 0.2) is 0 Å². The van der Waals surface area contributed by atoms with Crippen LogP contribution in [0.4, 0.5) is 4.79 Å². The van der Waals surface area contributed by atoms with E-state index < -0.39 is 5.60 Å². The van der Waals surface area contributed by atoms with Crippen molar-refractivity contribution in [2.45, 2.75) is 57.7 Å². The highest BCUT2D eigenvalue weighted by Gasteiger charge is 2.40. The van der Waals surface area contributed by atoms with Crippen molar-refractivity contribution in [3.8, 4) is 0 Å². The monoisotopic (exact) mass is 200 g/mol. The third kappa shape index (κ3) is 3.18. The molecule has 0 aromatic carbocycles. The molecule has 3 N–H and O–H groups in total. The van der Waals surface area contributed by atoms with Crippen molar-refractivity contribution in [1.82, 2.24) is 5.32 Å². The molecule has 1 rings (SSSR count). The van der Waals surface area contributed by atoms with Gasteiger partial charge >= 0.3 is 6.09 Å². The van der Waals surface area contributed by atoms with Crippen molar-refractivity contribution in [3.05, 3.63) is 0 Å². The highest BCUT2D eigenvalue weighted by Crippen LogP contribution is 2.30. The fourth-order valence-electron chi connectivity index (χ4n) is 1.75. The maximum Gasteiger partial charge on any atom is 0.408 e. The molecule has 82 valence electrons. The van der Waals surface area contributed by atoms with E-state index in [1.165, 1.54) is 0 Å². The molecule has 0 aromatic rings. The van der Waals surface area contributed by atoms with E-state index in [1.807, 2.05) is 27.7 Å². The summed E-state index contributed by atoms with van der Waals surface area (Å²) in [5, 5.41) is 2.84. The maximum atomic E-state index is 11.4. The molecule has 0 spiro atoms. The lowest BCUT2D eigenvalue weighted by molar-refractivity contribution is 0.0386. The Kier molecular flexibility index (Phi) is 2.76. The molecule has 1 aliphatic rings. The van der Waals surface area contributed by atoms with Gasteiger partial charge in [-0.25, -0.2) is 4.79 Å². The molecular weight excluding hydrogens is 180 g/mol. The second-order valence-electron chi connectivity index (χ2n) is 5.36. The molecule has 0 aromatic heterocycles. The lowest BCUT2D eigenvalue weighted by Gasteiger charge is -2.43. The second-order valence-corrected chi connectivity index (χ2v) is 5.36. The molecular formula is C10H20N2O2. The summed E-state index contributed by atoms with van der Waals surface area (Å²) in [6.45, 7) is 7.53. The highest BCUT2D eigenvalue weighted by atomic mass is 16.6. The Morgan fingerprint density at radius 3 is 2.36 bits per heavy atom. The molecule has 4 heteroatoms. The summed E-state index contributed by atoms with van der Waals surface area (Å²) >= 11 is 0. The van der Waals surface area contributed by atoms with Gasteiger partial charge in [0.1, 0.15) is 5.60 Å². The minimum absolute atomic E-state index is 0.165. The number of nitrogens with two attached hydrogens (primary N) is 1. The molecule has 0 unspecified atom stereocenters. The molecule has 1 aliphatic carbocycles. The van der Waals surface area contributed by atoms with E-state index in [9.17, 15) is 4.79 Å². The van der Waals surface area contributed by atoms with Crippen LogP contribution in [0.3, 0.4) is 0 Å². The number of ether oxygens (including phenoxy) is 1. The number of rotatable bonds is 1. The van der Waals surface area contributed by atoms with Gasteiger partial charge in [0.05, 0.1) is 0 Å². The Bertz CT molecular complexity index is 227. The predicted octanol–water partition coefficient (Wildman–Crippen LogP) is 1.39. The summed E-state index contributed by atoms with van der Waals surface area (Å²) in [5.41, 5.74) is 5.06. The average molecular weight is 200 g/mol. The van der Waals surface area contributed by atoms with Gasteiger partial charge in [-0.2, -0.15) is 0 Å². The summed E-state index contributed by atoms with van der Waals surface area (Å²) in [5.74, 6) is 0. The van der Waals surface area contributed by atoms with E-state index in [2.05, 4.69) is 5.32 Å². The van der Waals surface area contributed by atoms with Gasteiger partial charge in [-0.15, -0.1) is 0 Å². The second kappa shape index (κ2) is 3.42. The van der Waals surface area contributed by atoms with Crippen molar-refractivity contribution >= 4 is 6.09 Å². The Morgan fingerprint density at radius 2 is 2.00 bits per heavy atom. The van der Waals surface area contributed by atoms with Gasteiger partial charge in [-0.1, -0.05) is 0 Å². The number of hydrogen-bond donors (Lipinski definition) is 2. The minimum atomic E-state index is -0.438. The average Bonchev–Trinajstić information content (AvgIpc) is 1.76. The van der Waals surface area contributed by atoms with E-state index in [4.69, 9.17) is 10.5 Å². The zero-order chi connectivity index (χ0) is 11.0. The zero-order valence-electron chi connectivity index (χ0n) is 9.39. The molecule has 0 bridgehead atoms. The van der Waals surface area contributed by atoms with Crippen LogP contribution in [0.1, 0.15) is 40.5 Å². The third-order valence-corrected chi connectivity index (χ3v) is 2.23. The molecule has 4 nitrogen and oxygen atoms in total.